The van der Waals surface area contributed by atoms with Gasteiger partial charge < -0.3 is 5.32 Å². The van der Waals surface area contributed by atoms with Crippen molar-refractivity contribution in [1.82, 2.24) is 19.7 Å². The minimum absolute atomic E-state index is 0.387. The van der Waals surface area contributed by atoms with Crippen LogP contribution >= 0.6 is 0 Å². The monoisotopic (exact) mass is 233 g/mol. The molecule has 0 radical (unpaired) electrons. The molecule has 0 saturated heterocycles. The van der Waals surface area contributed by atoms with Gasteiger partial charge in [-0.05, 0) is 12.8 Å². The molecule has 0 fully saturated rings. The summed E-state index contributed by atoms with van der Waals surface area (Å²) >= 11 is 0. The smallest absolute Gasteiger partial charge is 0.163 e. The Morgan fingerprint density at radius 2 is 2.12 bits per heavy atom. The van der Waals surface area contributed by atoms with Gasteiger partial charge in [-0.2, -0.15) is 5.10 Å². The van der Waals surface area contributed by atoms with Crippen LogP contribution in [0.1, 0.15) is 27.2 Å². The maximum Gasteiger partial charge on any atom is 0.163 e. The van der Waals surface area contributed by atoms with Crippen molar-refractivity contribution >= 4 is 16.9 Å². The molecule has 0 saturated carbocycles. The number of fused-ring (bicyclic) bond motifs is 1. The summed E-state index contributed by atoms with van der Waals surface area (Å²) < 4.78 is 1.76. The maximum atomic E-state index is 4.30. The van der Waals surface area contributed by atoms with Gasteiger partial charge in [0.15, 0.2) is 5.65 Å². The van der Waals surface area contributed by atoms with Crippen molar-refractivity contribution in [2.75, 3.05) is 5.32 Å². The van der Waals surface area contributed by atoms with Gasteiger partial charge in [-0.25, -0.2) is 9.97 Å². The SMILES string of the molecule is CC[C@@H](C)[C@@H](C)Nc1ncnc2c1cnn2C. The van der Waals surface area contributed by atoms with Crippen molar-refractivity contribution in [3.63, 3.8) is 0 Å². The van der Waals surface area contributed by atoms with E-state index in [1.165, 1.54) is 0 Å². The summed E-state index contributed by atoms with van der Waals surface area (Å²) in [6.45, 7) is 6.61. The van der Waals surface area contributed by atoms with Crippen molar-refractivity contribution in [2.24, 2.45) is 13.0 Å². The van der Waals surface area contributed by atoms with Crippen molar-refractivity contribution in [3.8, 4) is 0 Å². The standard InChI is InChI=1S/C12H19N5/c1-5-8(2)9(3)16-11-10-6-15-17(4)12(10)14-7-13-11/h6-9H,5H2,1-4H3,(H,13,14,16)/t8-,9-/m1/s1. The average molecular weight is 233 g/mol. The first-order chi connectivity index (χ1) is 8.13. The van der Waals surface area contributed by atoms with Gasteiger partial charge in [-0.1, -0.05) is 20.3 Å². The molecular weight excluding hydrogens is 214 g/mol. The number of nitrogens with zero attached hydrogens (tertiary/aromatic N) is 4. The van der Waals surface area contributed by atoms with E-state index in [0.29, 0.717) is 12.0 Å². The van der Waals surface area contributed by atoms with E-state index in [0.717, 1.165) is 23.3 Å². The molecule has 2 heterocycles. The Balaban J connectivity index is 2.30. The number of anilines is 1. The van der Waals surface area contributed by atoms with Crippen LogP contribution in [0.2, 0.25) is 0 Å². The predicted molar refractivity (Wildman–Crippen MR) is 68.8 cm³/mol. The number of nitrogens with one attached hydrogen (secondary N) is 1. The molecule has 2 atom stereocenters. The minimum atomic E-state index is 0.387. The molecule has 0 aliphatic heterocycles. The quantitative estimate of drug-likeness (QED) is 0.879. The Hall–Kier alpha value is -1.65. The Morgan fingerprint density at radius 3 is 2.82 bits per heavy atom. The molecule has 5 heteroatoms. The van der Waals surface area contributed by atoms with Gasteiger partial charge in [0.25, 0.3) is 0 Å². The summed E-state index contributed by atoms with van der Waals surface area (Å²) in [6, 6.07) is 0.387. The number of rotatable bonds is 4. The lowest BCUT2D eigenvalue weighted by Crippen LogP contribution is -2.23. The maximum absolute atomic E-state index is 4.30. The van der Waals surface area contributed by atoms with Crippen LogP contribution in [-0.4, -0.2) is 25.8 Å². The normalized spacial score (nSPS) is 14.8. The third-order valence-corrected chi connectivity index (χ3v) is 3.39. The third kappa shape index (κ3) is 2.23. The van der Waals surface area contributed by atoms with Gasteiger partial charge >= 0.3 is 0 Å². The first-order valence-electron chi connectivity index (χ1n) is 6.02. The zero-order chi connectivity index (χ0) is 12.4. The van der Waals surface area contributed by atoms with Crippen LogP contribution in [0.15, 0.2) is 12.5 Å². The molecule has 2 aromatic heterocycles. The Kier molecular flexibility index (Phi) is 3.26. The number of aromatic nitrogens is 4. The molecule has 1 N–H and O–H groups in total. The summed E-state index contributed by atoms with van der Waals surface area (Å²) in [4.78, 5) is 8.52. The van der Waals surface area contributed by atoms with Gasteiger partial charge in [0.05, 0.1) is 11.6 Å². The van der Waals surface area contributed by atoms with Crippen LogP contribution in [-0.2, 0) is 7.05 Å². The molecule has 2 rings (SSSR count). The van der Waals surface area contributed by atoms with Crippen LogP contribution in [0.5, 0.6) is 0 Å². The lowest BCUT2D eigenvalue weighted by Gasteiger charge is -2.20. The van der Waals surface area contributed by atoms with Crippen LogP contribution in [0.4, 0.5) is 5.82 Å². The van der Waals surface area contributed by atoms with Crippen LogP contribution < -0.4 is 5.32 Å². The molecule has 0 aliphatic carbocycles. The molecule has 92 valence electrons. The molecule has 0 aliphatic rings. The fourth-order valence-electron chi connectivity index (χ4n) is 1.79. The summed E-state index contributed by atoms with van der Waals surface area (Å²) in [5.74, 6) is 1.48. The molecule has 17 heavy (non-hydrogen) atoms. The van der Waals surface area contributed by atoms with Crippen LogP contribution in [0.3, 0.4) is 0 Å². The van der Waals surface area contributed by atoms with Crippen molar-refractivity contribution in [3.05, 3.63) is 12.5 Å². The summed E-state index contributed by atoms with van der Waals surface area (Å²) in [7, 11) is 1.89. The van der Waals surface area contributed by atoms with E-state index in [1.807, 2.05) is 7.05 Å². The van der Waals surface area contributed by atoms with E-state index < -0.39 is 0 Å². The minimum Gasteiger partial charge on any atom is -0.367 e. The second-order valence-corrected chi connectivity index (χ2v) is 4.55. The molecule has 0 amide bonds. The van der Waals surface area contributed by atoms with Crippen molar-refractivity contribution < 1.29 is 0 Å². The van der Waals surface area contributed by atoms with Gasteiger partial charge in [0, 0.05) is 13.1 Å². The fraction of sp³-hybridized carbons (Fsp3) is 0.583. The highest BCUT2D eigenvalue weighted by Gasteiger charge is 2.13. The largest absolute Gasteiger partial charge is 0.367 e. The second kappa shape index (κ2) is 4.69. The van der Waals surface area contributed by atoms with E-state index in [4.69, 9.17) is 0 Å². The Labute approximate surface area is 101 Å². The highest BCUT2D eigenvalue weighted by atomic mass is 15.3. The van der Waals surface area contributed by atoms with Gasteiger partial charge in [-0.15, -0.1) is 0 Å². The predicted octanol–water partition coefficient (Wildman–Crippen LogP) is 2.21. The summed E-state index contributed by atoms with van der Waals surface area (Å²) in [6.07, 6.45) is 4.53. The third-order valence-electron chi connectivity index (χ3n) is 3.39. The first kappa shape index (κ1) is 11.8. The van der Waals surface area contributed by atoms with E-state index in [9.17, 15) is 0 Å². The fourth-order valence-corrected chi connectivity index (χ4v) is 1.79. The van der Waals surface area contributed by atoms with Crippen molar-refractivity contribution in [1.29, 1.82) is 0 Å². The molecular formula is C12H19N5. The van der Waals surface area contributed by atoms with E-state index in [1.54, 1.807) is 17.2 Å². The topological polar surface area (TPSA) is 55.6 Å². The molecule has 0 aromatic carbocycles. The van der Waals surface area contributed by atoms with Gasteiger partial charge in [0.2, 0.25) is 0 Å². The van der Waals surface area contributed by atoms with Crippen LogP contribution in [0.25, 0.3) is 11.0 Å². The highest BCUT2D eigenvalue weighted by Crippen LogP contribution is 2.20. The van der Waals surface area contributed by atoms with Gasteiger partial charge in [0.1, 0.15) is 12.1 Å². The molecule has 2 aromatic rings. The zero-order valence-corrected chi connectivity index (χ0v) is 10.8. The first-order valence-corrected chi connectivity index (χ1v) is 6.02. The van der Waals surface area contributed by atoms with Crippen LogP contribution in [0, 0.1) is 5.92 Å². The lowest BCUT2D eigenvalue weighted by molar-refractivity contribution is 0.494. The van der Waals surface area contributed by atoms with Gasteiger partial charge in [-0.3, -0.25) is 4.68 Å². The van der Waals surface area contributed by atoms with E-state index in [-0.39, 0.29) is 0 Å². The Bertz CT molecular complexity index is 505. The molecule has 0 unspecified atom stereocenters. The lowest BCUT2D eigenvalue weighted by atomic mass is 10.0. The zero-order valence-electron chi connectivity index (χ0n) is 10.8. The van der Waals surface area contributed by atoms with E-state index in [2.05, 4.69) is 41.2 Å². The highest BCUT2D eigenvalue weighted by molar-refractivity contribution is 5.86. The molecule has 0 bridgehead atoms. The van der Waals surface area contributed by atoms with E-state index >= 15 is 0 Å². The summed E-state index contributed by atoms with van der Waals surface area (Å²) in [5.41, 5.74) is 0.860. The second-order valence-electron chi connectivity index (χ2n) is 4.55. The number of hydrogen-bond donors (Lipinski definition) is 1. The number of hydrogen-bond acceptors (Lipinski definition) is 4. The average Bonchev–Trinajstić information content (AvgIpc) is 2.71. The summed E-state index contributed by atoms with van der Waals surface area (Å²) in [5, 5.41) is 8.62. The Morgan fingerprint density at radius 1 is 1.35 bits per heavy atom. The van der Waals surface area contributed by atoms with Crippen molar-refractivity contribution in [2.45, 2.75) is 33.2 Å². The molecule has 0 spiro atoms. The molecule has 5 nitrogen and oxygen atoms in total. The number of aryl methyl sites for hydroxylation is 1.